The Balaban J connectivity index is 3.05. The Labute approximate surface area is 153 Å². The highest BCUT2D eigenvalue weighted by atomic mass is 16.3. The molecule has 0 aromatic carbocycles. The van der Waals surface area contributed by atoms with Crippen molar-refractivity contribution in [3.63, 3.8) is 0 Å². The van der Waals surface area contributed by atoms with E-state index < -0.39 is 5.72 Å². The normalized spacial score (nSPS) is 14.0. The lowest BCUT2D eigenvalue weighted by molar-refractivity contribution is 0.0203. The van der Waals surface area contributed by atoms with Crippen molar-refractivity contribution in [2.24, 2.45) is 0 Å². The molecule has 2 heteroatoms. The zero-order chi connectivity index (χ0) is 17.9. The van der Waals surface area contributed by atoms with E-state index in [2.05, 4.69) is 12.2 Å². The second kappa shape index (κ2) is 17.7. The number of hydrogen-bond acceptors (Lipinski definition) is 2. The summed E-state index contributed by atoms with van der Waals surface area (Å²) in [5.74, 6) is 0. The fourth-order valence-electron chi connectivity index (χ4n) is 3.16. The van der Waals surface area contributed by atoms with Crippen LogP contribution in [0.15, 0.2) is 0 Å². The van der Waals surface area contributed by atoms with E-state index in [0.717, 1.165) is 13.0 Å². The van der Waals surface area contributed by atoms with Gasteiger partial charge in [0.2, 0.25) is 0 Å². The largest absolute Gasteiger partial charge is 0.376 e. The van der Waals surface area contributed by atoms with E-state index in [1.54, 1.807) is 0 Å². The standard InChI is InChI=1S/C22H47NO/c1-4-6-7-8-9-10-11-12-13-14-15-16-17-18-19-20-21-23-22(3,24)5-2/h23-24H,4-21H2,1-3H3. The molecule has 0 spiro atoms. The number of nitrogens with one attached hydrogen (secondary N) is 1. The van der Waals surface area contributed by atoms with Crippen molar-refractivity contribution in [3.05, 3.63) is 0 Å². The first kappa shape index (κ1) is 23.9. The molecule has 1 atom stereocenters. The Morgan fingerprint density at radius 3 is 1.25 bits per heavy atom. The zero-order valence-corrected chi connectivity index (χ0v) is 17.2. The van der Waals surface area contributed by atoms with E-state index >= 15 is 0 Å². The molecule has 0 aliphatic carbocycles. The minimum Gasteiger partial charge on any atom is -0.376 e. The van der Waals surface area contributed by atoms with Crippen LogP contribution in [-0.4, -0.2) is 17.4 Å². The summed E-state index contributed by atoms with van der Waals surface area (Å²) in [4.78, 5) is 0. The van der Waals surface area contributed by atoms with Gasteiger partial charge in [-0.25, -0.2) is 0 Å². The van der Waals surface area contributed by atoms with Crippen molar-refractivity contribution < 1.29 is 5.11 Å². The van der Waals surface area contributed by atoms with Gasteiger partial charge in [-0.1, -0.05) is 110 Å². The van der Waals surface area contributed by atoms with Crippen LogP contribution in [0, 0.1) is 0 Å². The first-order valence-corrected chi connectivity index (χ1v) is 11.1. The quantitative estimate of drug-likeness (QED) is 0.197. The van der Waals surface area contributed by atoms with Crippen LogP contribution < -0.4 is 5.32 Å². The Hall–Kier alpha value is -0.0800. The van der Waals surface area contributed by atoms with Crippen LogP contribution in [0.5, 0.6) is 0 Å². The maximum absolute atomic E-state index is 9.84. The summed E-state index contributed by atoms with van der Waals surface area (Å²) < 4.78 is 0. The Morgan fingerprint density at radius 2 is 0.917 bits per heavy atom. The highest BCUT2D eigenvalue weighted by Gasteiger charge is 2.14. The van der Waals surface area contributed by atoms with E-state index in [1.165, 1.54) is 103 Å². The molecule has 0 radical (unpaired) electrons. The van der Waals surface area contributed by atoms with Gasteiger partial charge in [0.1, 0.15) is 5.72 Å². The molecule has 0 heterocycles. The van der Waals surface area contributed by atoms with Gasteiger partial charge >= 0.3 is 0 Å². The molecule has 2 N–H and O–H groups in total. The molecule has 24 heavy (non-hydrogen) atoms. The number of aliphatic hydroxyl groups is 1. The molecule has 0 amide bonds. The van der Waals surface area contributed by atoms with Gasteiger partial charge in [-0.2, -0.15) is 0 Å². The van der Waals surface area contributed by atoms with E-state index in [1.807, 2.05) is 13.8 Å². The van der Waals surface area contributed by atoms with E-state index in [0.29, 0.717) is 0 Å². The molecule has 0 rings (SSSR count). The van der Waals surface area contributed by atoms with Crippen molar-refractivity contribution in [2.45, 2.75) is 136 Å². The highest BCUT2D eigenvalue weighted by Crippen LogP contribution is 2.13. The lowest BCUT2D eigenvalue weighted by Crippen LogP contribution is -2.41. The van der Waals surface area contributed by atoms with Crippen LogP contribution in [0.3, 0.4) is 0 Å². The molecule has 0 aromatic rings. The second-order valence-corrected chi connectivity index (χ2v) is 7.86. The smallest absolute Gasteiger partial charge is 0.112 e. The predicted octanol–water partition coefficient (Wildman–Crippen LogP) is 6.96. The lowest BCUT2D eigenvalue weighted by Gasteiger charge is -2.22. The van der Waals surface area contributed by atoms with Crippen molar-refractivity contribution >= 4 is 0 Å². The summed E-state index contributed by atoms with van der Waals surface area (Å²) in [5, 5.41) is 13.1. The van der Waals surface area contributed by atoms with Gasteiger partial charge < -0.3 is 5.11 Å². The Morgan fingerprint density at radius 1 is 0.583 bits per heavy atom. The SMILES string of the molecule is CCCCCCCCCCCCCCCCCCNC(C)(O)CC. The Kier molecular flexibility index (Phi) is 17.7. The topological polar surface area (TPSA) is 32.3 Å². The van der Waals surface area contributed by atoms with Gasteiger partial charge in [-0.15, -0.1) is 0 Å². The Bertz CT molecular complexity index is 240. The van der Waals surface area contributed by atoms with Crippen LogP contribution in [0.4, 0.5) is 0 Å². The molecular weight excluding hydrogens is 294 g/mol. The highest BCUT2D eigenvalue weighted by molar-refractivity contribution is 4.66. The third kappa shape index (κ3) is 18.3. The molecule has 0 saturated heterocycles. The number of hydrogen-bond donors (Lipinski definition) is 2. The molecule has 0 fully saturated rings. The van der Waals surface area contributed by atoms with Gasteiger partial charge in [0, 0.05) is 0 Å². The zero-order valence-electron chi connectivity index (χ0n) is 17.2. The van der Waals surface area contributed by atoms with Gasteiger partial charge in [-0.05, 0) is 26.3 Å². The summed E-state index contributed by atoms with van der Waals surface area (Å²) in [6.07, 6.45) is 23.3. The van der Waals surface area contributed by atoms with Crippen molar-refractivity contribution in [2.75, 3.05) is 6.54 Å². The third-order valence-electron chi connectivity index (χ3n) is 5.22. The molecule has 0 aromatic heterocycles. The fraction of sp³-hybridized carbons (Fsp3) is 1.00. The van der Waals surface area contributed by atoms with Crippen LogP contribution in [0.25, 0.3) is 0 Å². The maximum Gasteiger partial charge on any atom is 0.112 e. The summed E-state index contributed by atoms with van der Waals surface area (Å²) >= 11 is 0. The average Bonchev–Trinajstić information content (AvgIpc) is 2.57. The monoisotopic (exact) mass is 341 g/mol. The summed E-state index contributed by atoms with van der Waals surface area (Å²) in [5.41, 5.74) is -0.671. The van der Waals surface area contributed by atoms with Gasteiger partial charge in [0.05, 0.1) is 0 Å². The van der Waals surface area contributed by atoms with Crippen LogP contribution in [0.2, 0.25) is 0 Å². The molecule has 0 bridgehead atoms. The summed E-state index contributed by atoms with van der Waals surface area (Å²) in [7, 11) is 0. The van der Waals surface area contributed by atoms with Gasteiger partial charge in [-0.3, -0.25) is 5.32 Å². The van der Waals surface area contributed by atoms with Crippen molar-refractivity contribution in [1.29, 1.82) is 0 Å². The molecule has 146 valence electrons. The minimum absolute atomic E-state index is 0.671. The third-order valence-corrected chi connectivity index (χ3v) is 5.22. The molecule has 0 saturated carbocycles. The second-order valence-electron chi connectivity index (χ2n) is 7.86. The van der Waals surface area contributed by atoms with E-state index in [4.69, 9.17) is 0 Å². The molecule has 0 aliphatic rings. The van der Waals surface area contributed by atoms with Crippen molar-refractivity contribution in [1.82, 2.24) is 5.32 Å². The first-order valence-electron chi connectivity index (χ1n) is 11.1. The van der Waals surface area contributed by atoms with Gasteiger partial charge in [0.25, 0.3) is 0 Å². The average molecular weight is 342 g/mol. The molecule has 0 aliphatic heterocycles. The van der Waals surface area contributed by atoms with Crippen LogP contribution >= 0.6 is 0 Å². The fourth-order valence-corrected chi connectivity index (χ4v) is 3.16. The predicted molar refractivity (Wildman–Crippen MR) is 108 cm³/mol. The van der Waals surface area contributed by atoms with Crippen molar-refractivity contribution in [3.8, 4) is 0 Å². The molecule has 1 unspecified atom stereocenters. The van der Waals surface area contributed by atoms with E-state index in [-0.39, 0.29) is 0 Å². The van der Waals surface area contributed by atoms with E-state index in [9.17, 15) is 5.11 Å². The maximum atomic E-state index is 9.84. The molecular formula is C22H47NO. The van der Waals surface area contributed by atoms with Gasteiger partial charge in [0.15, 0.2) is 0 Å². The minimum atomic E-state index is -0.671. The first-order chi connectivity index (χ1) is 11.6. The number of unbranched alkanes of at least 4 members (excludes halogenated alkanes) is 15. The lowest BCUT2D eigenvalue weighted by atomic mass is 10.0. The van der Waals surface area contributed by atoms with Crippen LogP contribution in [-0.2, 0) is 0 Å². The summed E-state index contributed by atoms with van der Waals surface area (Å²) in [6.45, 7) is 7.11. The number of rotatable bonds is 19. The summed E-state index contributed by atoms with van der Waals surface area (Å²) in [6, 6.07) is 0. The van der Waals surface area contributed by atoms with Crippen LogP contribution in [0.1, 0.15) is 130 Å². The molecule has 2 nitrogen and oxygen atoms in total.